The average Bonchev–Trinajstić information content (AvgIpc) is 2.70. The molecule has 0 fully saturated rings. The lowest BCUT2D eigenvalue weighted by Gasteiger charge is -2.36. The van der Waals surface area contributed by atoms with Crippen LogP contribution in [0.5, 0.6) is 0 Å². The molecular formula is C23H28N2O3. The highest BCUT2D eigenvalue weighted by molar-refractivity contribution is 5.92. The molecule has 2 amide bonds. The summed E-state index contributed by atoms with van der Waals surface area (Å²) < 4.78 is 5.14. The summed E-state index contributed by atoms with van der Waals surface area (Å²) in [6, 6.07) is 15.3. The maximum atomic E-state index is 13.1. The molecule has 1 heterocycles. The lowest BCUT2D eigenvalue weighted by atomic mass is 9.91. The number of benzene rings is 2. The lowest BCUT2D eigenvalue weighted by Crippen LogP contribution is -2.48. The van der Waals surface area contributed by atoms with E-state index < -0.39 is 6.04 Å². The second-order valence-corrected chi connectivity index (χ2v) is 7.47. The van der Waals surface area contributed by atoms with E-state index in [1.807, 2.05) is 36.4 Å². The van der Waals surface area contributed by atoms with Crippen molar-refractivity contribution < 1.29 is 14.3 Å². The van der Waals surface area contributed by atoms with E-state index in [0.717, 1.165) is 16.7 Å². The van der Waals surface area contributed by atoms with Crippen LogP contribution in [0.2, 0.25) is 0 Å². The van der Waals surface area contributed by atoms with Gasteiger partial charge in [0.15, 0.2) is 0 Å². The SMILES string of the molecule is COCCN1C(=O)Cc2ccccc2[C@@H]1C(=O)NCc1ccc(C(C)C)cc1. The van der Waals surface area contributed by atoms with Crippen molar-refractivity contribution in [1.82, 2.24) is 10.2 Å². The smallest absolute Gasteiger partial charge is 0.247 e. The quantitative estimate of drug-likeness (QED) is 0.802. The van der Waals surface area contributed by atoms with Crippen molar-refractivity contribution in [3.05, 3.63) is 70.8 Å². The van der Waals surface area contributed by atoms with E-state index in [1.54, 1.807) is 12.0 Å². The highest BCUT2D eigenvalue weighted by atomic mass is 16.5. The molecular weight excluding hydrogens is 352 g/mol. The third kappa shape index (κ3) is 4.42. The van der Waals surface area contributed by atoms with Gasteiger partial charge in [-0.05, 0) is 28.2 Å². The molecule has 28 heavy (non-hydrogen) atoms. The monoisotopic (exact) mass is 380 g/mol. The minimum absolute atomic E-state index is 0.0443. The van der Waals surface area contributed by atoms with Gasteiger partial charge in [0.1, 0.15) is 6.04 Å². The number of hydrogen-bond acceptors (Lipinski definition) is 3. The van der Waals surface area contributed by atoms with Gasteiger partial charge in [0.2, 0.25) is 11.8 Å². The van der Waals surface area contributed by atoms with Crippen LogP contribution in [0.3, 0.4) is 0 Å². The zero-order valence-corrected chi connectivity index (χ0v) is 16.8. The van der Waals surface area contributed by atoms with E-state index >= 15 is 0 Å². The molecule has 0 saturated carbocycles. The summed E-state index contributed by atoms with van der Waals surface area (Å²) in [6.45, 7) is 5.53. The molecule has 3 rings (SSSR count). The van der Waals surface area contributed by atoms with Crippen LogP contribution in [-0.4, -0.2) is 37.0 Å². The van der Waals surface area contributed by atoms with Gasteiger partial charge in [-0.3, -0.25) is 9.59 Å². The Hall–Kier alpha value is -2.66. The Kier molecular flexibility index (Phi) is 6.47. The first-order valence-electron chi connectivity index (χ1n) is 9.74. The summed E-state index contributed by atoms with van der Waals surface area (Å²) in [5.41, 5.74) is 4.12. The summed E-state index contributed by atoms with van der Waals surface area (Å²) in [6.07, 6.45) is 0.320. The van der Waals surface area contributed by atoms with Gasteiger partial charge in [-0.15, -0.1) is 0 Å². The molecule has 0 saturated heterocycles. The van der Waals surface area contributed by atoms with E-state index in [1.165, 1.54) is 5.56 Å². The summed E-state index contributed by atoms with van der Waals surface area (Å²) in [7, 11) is 1.60. The third-order valence-corrected chi connectivity index (χ3v) is 5.22. The zero-order chi connectivity index (χ0) is 20.1. The van der Waals surface area contributed by atoms with Gasteiger partial charge in [-0.25, -0.2) is 0 Å². The van der Waals surface area contributed by atoms with Crippen LogP contribution < -0.4 is 5.32 Å². The van der Waals surface area contributed by atoms with Crippen LogP contribution in [-0.2, 0) is 27.3 Å². The number of methoxy groups -OCH3 is 1. The van der Waals surface area contributed by atoms with E-state index in [4.69, 9.17) is 4.74 Å². The fourth-order valence-corrected chi connectivity index (χ4v) is 3.57. The molecule has 0 aliphatic carbocycles. The molecule has 0 unspecified atom stereocenters. The van der Waals surface area contributed by atoms with E-state index in [2.05, 4.69) is 31.3 Å². The number of carbonyl (C=O) groups excluding carboxylic acids is 2. The molecule has 0 radical (unpaired) electrons. The van der Waals surface area contributed by atoms with Gasteiger partial charge in [0, 0.05) is 20.2 Å². The third-order valence-electron chi connectivity index (χ3n) is 5.22. The second kappa shape index (κ2) is 9.02. The normalized spacial score (nSPS) is 16.2. The van der Waals surface area contributed by atoms with Crippen molar-refractivity contribution in [2.45, 2.75) is 38.8 Å². The first kappa shape index (κ1) is 20.1. The van der Waals surface area contributed by atoms with Crippen LogP contribution in [0, 0.1) is 0 Å². The molecule has 5 heteroatoms. The predicted octanol–water partition coefficient (Wildman–Crippen LogP) is 3.20. The minimum Gasteiger partial charge on any atom is -0.383 e. The summed E-state index contributed by atoms with van der Waals surface area (Å²) in [4.78, 5) is 27.4. The molecule has 1 N–H and O–H groups in total. The van der Waals surface area contributed by atoms with Crippen LogP contribution in [0.25, 0.3) is 0 Å². The van der Waals surface area contributed by atoms with Gasteiger partial charge < -0.3 is 15.0 Å². The van der Waals surface area contributed by atoms with Crippen LogP contribution in [0.1, 0.15) is 48.1 Å². The first-order chi connectivity index (χ1) is 13.5. The van der Waals surface area contributed by atoms with Gasteiger partial charge in [0.05, 0.1) is 13.0 Å². The fourth-order valence-electron chi connectivity index (χ4n) is 3.57. The summed E-state index contributed by atoms with van der Waals surface area (Å²) in [5, 5.41) is 3.01. The van der Waals surface area contributed by atoms with Crippen molar-refractivity contribution >= 4 is 11.8 Å². The van der Waals surface area contributed by atoms with E-state index in [-0.39, 0.29) is 11.8 Å². The number of hydrogen-bond donors (Lipinski definition) is 1. The maximum absolute atomic E-state index is 13.1. The summed E-state index contributed by atoms with van der Waals surface area (Å²) in [5.74, 6) is 0.268. The van der Waals surface area contributed by atoms with Crippen LogP contribution >= 0.6 is 0 Å². The Morgan fingerprint density at radius 2 is 1.89 bits per heavy atom. The number of ether oxygens (including phenoxy) is 1. The Morgan fingerprint density at radius 3 is 2.57 bits per heavy atom. The topological polar surface area (TPSA) is 58.6 Å². The molecule has 5 nitrogen and oxygen atoms in total. The first-order valence-corrected chi connectivity index (χ1v) is 9.74. The Morgan fingerprint density at radius 1 is 1.18 bits per heavy atom. The Balaban J connectivity index is 1.77. The molecule has 1 atom stereocenters. The van der Waals surface area contributed by atoms with Crippen molar-refractivity contribution in [3.8, 4) is 0 Å². The standard InChI is InChI=1S/C23H28N2O3/c1-16(2)18-10-8-17(9-11-18)15-24-23(27)22-20-7-5-4-6-19(20)14-21(26)25(22)12-13-28-3/h4-11,16,22H,12-15H2,1-3H3,(H,24,27)/t22-/m1/s1. The van der Waals surface area contributed by atoms with E-state index in [9.17, 15) is 9.59 Å². The number of fused-ring (bicyclic) bond motifs is 1. The highest BCUT2D eigenvalue weighted by Crippen LogP contribution is 2.30. The Bertz CT molecular complexity index is 830. The molecule has 0 aromatic heterocycles. The molecule has 2 aromatic carbocycles. The number of nitrogens with zero attached hydrogens (tertiary/aromatic N) is 1. The number of nitrogens with one attached hydrogen (secondary N) is 1. The molecule has 1 aliphatic heterocycles. The van der Waals surface area contributed by atoms with Gasteiger partial charge in [0.25, 0.3) is 0 Å². The molecule has 1 aliphatic rings. The largest absolute Gasteiger partial charge is 0.383 e. The lowest BCUT2D eigenvalue weighted by molar-refractivity contribution is -0.142. The van der Waals surface area contributed by atoms with Crippen LogP contribution in [0.15, 0.2) is 48.5 Å². The van der Waals surface area contributed by atoms with Gasteiger partial charge in [-0.2, -0.15) is 0 Å². The maximum Gasteiger partial charge on any atom is 0.247 e. The van der Waals surface area contributed by atoms with Gasteiger partial charge >= 0.3 is 0 Å². The number of carbonyl (C=O) groups is 2. The molecule has 0 spiro atoms. The fraction of sp³-hybridized carbons (Fsp3) is 0.391. The molecule has 0 bridgehead atoms. The van der Waals surface area contributed by atoms with Crippen molar-refractivity contribution in [3.63, 3.8) is 0 Å². The van der Waals surface area contributed by atoms with Crippen molar-refractivity contribution in [1.29, 1.82) is 0 Å². The zero-order valence-electron chi connectivity index (χ0n) is 16.8. The van der Waals surface area contributed by atoms with Crippen molar-refractivity contribution in [2.24, 2.45) is 0 Å². The van der Waals surface area contributed by atoms with Crippen molar-refractivity contribution in [2.75, 3.05) is 20.3 Å². The Labute approximate surface area is 166 Å². The summed E-state index contributed by atoms with van der Waals surface area (Å²) >= 11 is 0. The number of amides is 2. The molecule has 148 valence electrons. The number of rotatable bonds is 7. The van der Waals surface area contributed by atoms with E-state index in [0.29, 0.717) is 32.0 Å². The van der Waals surface area contributed by atoms with Gasteiger partial charge in [-0.1, -0.05) is 62.4 Å². The highest BCUT2D eigenvalue weighted by Gasteiger charge is 2.36. The second-order valence-electron chi connectivity index (χ2n) is 7.47. The minimum atomic E-state index is -0.623. The predicted molar refractivity (Wildman–Crippen MR) is 109 cm³/mol. The van der Waals surface area contributed by atoms with Crippen LogP contribution in [0.4, 0.5) is 0 Å². The molecule has 2 aromatic rings. The average molecular weight is 380 g/mol.